The van der Waals surface area contributed by atoms with Gasteiger partial charge in [-0.25, -0.2) is 0 Å². The van der Waals surface area contributed by atoms with Gasteiger partial charge in [0.25, 0.3) is 0 Å². The van der Waals surface area contributed by atoms with Crippen molar-refractivity contribution in [3.8, 4) is 0 Å². The lowest BCUT2D eigenvalue weighted by Gasteiger charge is -2.29. The molecule has 0 radical (unpaired) electrons. The Morgan fingerprint density at radius 2 is 2.07 bits per heavy atom. The minimum Gasteiger partial charge on any atom is -0.461 e. The van der Waals surface area contributed by atoms with E-state index in [-0.39, 0.29) is 11.9 Å². The SMILES string of the molecule is O=C(OCc1ccccc1)C1CCC1O. The van der Waals surface area contributed by atoms with Gasteiger partial charge in [0.15, 0.2) is 0 Å². The fourth-order valence-electron chi connectivity index (χ4n) is 1.59. The topological polar surface area (TPSA) is 46.5 Å². The molecule has 0 bridgehead atoms. The van der Waals surface area contributed by atoms with Crippen LogP contribution in [0.3, 0.4) is 0 Å². The highest BCUT2D eigenvalue weighted by Crippen LogP contribution is 2.28. The first-order valence-corrected chi connectivity index (χ1v) is 5.16. The average molecular weight is 206 g/mol. The number of esters is 1. The van der Waals surface area contributed by atoms with Crippen molar-refractivity contribution < 1.29 is 14.6 Å². The lowest BCUT2D eigenvalue weighted by Crippen LogP contribution is -2.38. The van der Waals surface area contributed by atoms with Crippen molar-refractivity contribution in [2.45, 2.75) is 25.6 Å². The van der Waals surface area contributed by atoms with Gasteiger partial charge < -0.3 is 9.84 Å². The quantitative estimate of drug-likeness (QED) is 0.762. The van der Waals surface area contributed by atoms with Crippen LogP contribution in [0.4, 0.5) is 0 Å². The first kappa shape index (κ1) is 10.2. The van der Waals surface area contributed by atoms with Crippen LogP contribution in [0.1, 0.15) is 18.4 Å². The second kappa shape index (κ2) is 4.45. The molecule has 15 heavy (non-hydrogen) atoms. The zero-order chi connectivity index (χ0) is 10.7. The Labute approximate surface area is 88.7 Å². The summed E-state index contributed by atoms with van der Waals surface area (Å²) in [6.45, 7) is 0.295. The second-order valence-corrected chi connectivity index (χ2v) is 3.84. The summed E-state index contributed by atoms with van der Waals surface area (Å²) in [5.41, 5.74) is 0.972. The first-order chi connectivity index (χ1) is 7.27. The standard InChI is InChI=1S/C12H14O3/c13-11-7-6-10(11)12(14)15-8-9-4-2-1-3-5-9/h1-5,10-11,13H,6-8H2. The van der Waals surface area contributed by atoms with Gasteiger partial charge in [0, 0.05) is 0 Å². The molecule has 1 aromatic carbocycles. The maximum atomic E-state index is 11.4. The molecule has 3 nitrogen and oxygen atoms in total. The highest BCUT2D eigenvalue weighted by Gasteiger charge is 2.36. The van der Waals surface area contributed by atoms with Gasteiger partial charge in [0.1, 0.15) is 6.61 Å². The van der Waals surface area contributed by atoms with Crippen LogP contribution in [0.25, 0.3) is 0 Å². The third kappa shape index (κ3) is 2.36. The minimum absolute atomic E-state index is 0.280. The Morgan fingerprint density at radius 1 is 1.33 bits per heavy atom. The molecule has 1 aliphatic carbocycles. The van der Waals surface area contributed by atoms with Gasteiger partial charge in [-0.15, -0.1) is 0 Å². The molecule has 1 saturated carbocycles. The normalized spacial score (nSPS) is 24.3. The third-order valence-corrected chi connectivity index (χ3v) is 2.76. The lowest BCUT2D eigenvalue weighted by molar-refractivity contribution is -0.159. The summed E-state index contributed by atoms with van der Waals surface area (Å²) in [6, 6.07) is 9.54. The summed E-state index contributed by atoms with van der Waals surface area (Å²) in [5, 5.41) is 9.27. The van der Waals surface area contributed by atoms with Gasteiger partial charge in [0.05, 0.1) is 12.0 Å². The molecular formula is C12H14O3. The number of carbonyl (C=O) groups excluding carboxylic acids is 1. The van der Waals surface area contributed by atoms with E-state index >= 15 is 0 Å². The number of aliphatic hydroxyl groups is 1. The van der Waals surface area contributed by atoms with E-state index in [1.165, 1.54) is 0 Å². The number of ether oxygens (including phenoxy) is 1. The molecular weight excluding hydrogens is 192 g/mol. The number of aliphatic hydroxyl groups excluding tert-OH is 1. The Bertz CT molecular complexity index is 334. The van der Waals surface area contributed by atoms with Crippen LogP contribution < -0.4 is 0 Å². The molecule has 0 heterocycles. The summed E-state index contributed by atoms with van der Waals surface area (Å²) < 4.78 is 5.10. The molecule has 3 heteroatoms. The van der Waals surface area contributed by atoms with Gasteiger partial charge in [-0.3, -0.25) is 4.79 Å². The Morgan fingerprint density at radius 3 is 2.60 bits per heavy atom. The zero-order valence-electron chi connectivity index (χ0n) is 8.43. The summed E-state index contributed by atoms with van der Waals surface area (Å²) in [7, 11) is 0. The fraction of sp³-hybridized carbons (Fsp3) is 0.417. The fourth-order valence-corrected chi connectivity index (χ4v) is 1.59. The van der Waals surface area contributed by atoms with Crippen molar-refractivity contribution in [3.05, 3.63) is 35.9 Å². The van der Waals surface area contributed by atoms with Crippen LogP contribution in [-0.4, -0.2) is 17.2 Å². The van der Waals surface area contributed by atoms with Gasteiger partial charge in [-0.2, -0.15) is 0 Å². The van der Waals surface area contributed by atoms with Crippen LogP contribution in [0.5, 0.6) is 0 Å². The smallest absolute Gasteiger partial charge is 0.311 e. The summed E-state index contributed by atoms with van der Waals surface area (Å²) in [6.07, 6.45) is 0.966. The minimum atomic E-state index is -0.492. The predicted octanol–water partition coefficient (Wildman–Crippen LogP) is 1.50. The number of hydrogen-bond acceptors (Lipinski definition) is 3. The molecule has 2 atom stereocenters. The average Bonchev–Trinajstić information content (AvgIpc) is 2.26. The largest absolute Gasteiger partial charge is 0.461 e. The first-order valence-electron chi connectivity index (χ1n) is 5.16. The molecule has 1 aliphatic rings. The monoisotopic (exact) mass is 206 g/mol. The van der Waals surface area contributed by atoms with Gasteiger partial charge in [0.2, 0.25) is 0 Å². The van der Waals surface area contributed by atoms with Crippen molar-refractivity contribution >= 4 is 5.97 Å². The Balaban J connectivity index is 1.81. The second-order valence-electron chi connectivity index (χ2n) is 3.84. The molecule has 0 aliphatic heterocycles. The maximum absolute atomic E-state index is 11.4. The van der Waals surface area contributed by atoms with Crippen molar-refractivity contribution in [2.24, 2.45) is 5.92 Å². The number of carbonyl (C=O) groups is 1. The molecule has 0 spiro atoms. The van der Waals surface area contributed by atoms with Gasteiger partial charge in [-0.1, -0.05) is 30.3 Å². The van der Waals surface area contributed by atoms with E-state index < -0.39 is 6.10 Å². The predicted molar refractivity (Wildman–Crippen MR) is 55.0 cm³/mol. The van der Waals surface area contributed by atoms with E-state index in [0.29, 0.717) is 13.0 Å². The van der Waals surface area contributed by atoms with E-state index in [4.69, 9.17) is 4.74 Å². The summed E-state index contributed by atoms with van der Waals surface area (Å²) in [4.78, 5) is 11.4. The molecule has 0 aromatic heterocycles. The molecule has 80 valence electrons. The molecule has 1 N–H and O–H groups in total. The Hall–Kier alpha value is -1.35. The highest BCUT2D eigenvalue weighted by molar-refractivity contribution is 5.74. The highest BCUT2D eigenvalue weighted by atomic mass is 16.5. The number of rotatable bonds is 3. The van der Waals surface area contributed by atoms with Crippen LogP contribution in [0, 0.1) is 5.92 Å². The Kier molecular flexibility index (Phi) is 3.02. The number of hydrogen-bond donors (Lipinski definition) is 1. The van der Waals surface area contributed by atoms with Crippen LogP contribution >= 0.6 is 0 Å². The van der Waals surface area contributed by atoms with Gasteiger partial charge >= 0.3 is 5.97 Å². The maximum Gasteiger partial charge on any atom is 0.311 e. The van der Waals surface area contributed by atoms with Crippen molar-refractivity contribution in [1.29, 1.82) is 0 Å². The van der Waals surface area contributed by atoms with E-state index in [1.807, 2.05) is 30.3 Å². The van der Waals surface area contributed by atoms with Crippen molar-refractivity contribution in [2.75, 3.05) is 0 Å². The molecule has 0 amide bonds. The summed E-state index contributed by atoms with van der Waals surface area (Å²) >= 11 is 0. The van der Waals surface area contributed by atoms with Crippen LogP contribution in [0.15, 0.2) is 30.3 Å². The van der Waals surface area contributed by atoms with E-state index in [1.54, 1.807) is 0 Å². The summed E-state index contributed by atoms with van der Waals surface area (Å²) in [5.74, 6) is -0.577. The molecule has 2 rings (SSSR count). The lowest BCUT2D eigenvalue weighted by atomic mass is 9.82. The van der Waals surface area contributed by atoms with Crippen molar-refractivity contribution in [3.63, 3.8) is 0 Å². The zero-order valence-corrected chi connectivity index (χ0v) is 8.43. The van der Waals surface area contributed by atoms with Crippen LogP contribution in [0.2, 0.25) is 0 Å². The van der Waals surface area contributed by atoms with E-state index in [9.17, 15) is 9.90 Å². The van der Waals surface area contributed by atoms with E-state index in [0.717, 1.165) is 12.0 Å². The number of benzene rings is 1. The van der Waals surface area contributed by atoms with Crippen LogP contribution in [-0.2, 0) is 16.1 Å². The molecule has 1 aromatic rings. The molecule has 1 fully saturated rings. The van der Waals surface area contributed by atoms with Gasteiger partial charge in [-0.05, 0) is 18.4 Å². The van der Waals surface area contributed by atoms with E-state index in [2.05, 4.69) is 0 Å². The molecule has 2 unspecified atom stereocenters. The molecule has 0 saturated heterocycles. The van der Waals surface area contributed by atoms with Crippen molar-refractivity contribution in [1.82, 2.24) is 0 Å². The third-order valence-electron chi connectivity index (χ3n) is 2.76.